The van der Waals surface area contributed by atoms with Gasteiger partial charge in [-0.25, -0.2) is 4.39 Å². The summed E-state index contributed by atoms with van der Waals surface area (Å²) in [6.45, 7) is 3.78. The number of nitrogens with one attached hydrogen (secondary N) is 3. The summed E-state index contributed by atoms with van der Waals surface area (Å²) >= 11 is 3.26. The number of aryl methyl sites for hydroxylation is 1. The van der Waals surface area contributed by atoms with Crippen molar-refractivity contribution < 1.29 is 9.18 Å². The summed E-state index contributed by atoms with van der Waals surface area (Å²) in [6.07, 6.45) is 1.45. The lowest BCUT2D eigenvalue weighted by molar-refractivity contribution is 0.0956. The lowest BCUT2D eigenvalue weighted by Crippen LogP contribution is -2.37. The Kier molecular flexibility index (Phi) is 11.8. The molecular formula is C21H27BrFIN4O. The number of hydrogen-bond donors (Lipinski definition) is 3. The van der Waals surface area contributed by atoms with Crippen LogP contribution in [-0.2, 0) is 13.0 Å². The minimum atomic E-state index is -0.187. The van der Waals surface area contributed by atoms with Crippen molar-refractivity contribution in [3.63, 3.8) is 0 Å². The fraction of sp³-hybridized carbons (Fsp3) is 0.333. The predicted molar refractivity (Wildman–Crippen MR) is 130 cm³/mol. The maximum Gasteiger partial charge on any atom is 0.251 e. The van der Waals surface area contributed by atoms with Gasteiger partial charge in [-0.1, -0.05) is 34.1 Å². The molecule has 8 heteroatoms. The van der Waals surface area contributed by atoms with Crippen molar-refractivity contribution in [3.8, 4) is 0 Å². The minimum absolute atomic E-state index is 0. The first-order valence-corrected chi connectivity index (χ1v) is 10.1. The summed E-state index contributed by atoms with van der Waals surface area (Å²) in [6, 6.07) is 12.6. The number of halogens is 3. The largest absolute Gasteiger partial charge is 0.356 e. The number of amides is 1. The molecule has 29 heavy (non-hydrogen) atoms. The molecule has 3 N–H and O–H groups in total. The third kappa shape index (κ3) is 8.69. The van der Waals surface area contributed by atoms with Gasteiger partial charge in [-0.05, 0) is 55.2 Å². The summed E-state index contributed by atoms with van der Waals surface area (Å²) in [5, 5.41) is 9.24. The number of aliphatic imine (C=N–C) groups is 1. The van der Waals surface area contributed by atoms with Gasteiger partial charge in [0.2, 0.25) is 0 Å². The van der Waals surface area contributed by atoms with Crippen molar-refractivity contribution in [1.82, 2.24) is 16.0 Å². The van der Waals surface area contributed by atoms with E-state index in [0.29, 0.717) is 43.1 Å². The number of carbonyl (C=O) groups is 1. The van der Waals surface area contributed by atoms with E-state index in [-0.39, 0.29) is 35.7 Å². The maximum absolute atomic E-state index is 13.8. The Morgan fingerprint density at radius 2 is 1.83 bits per heavy atom. The summed E-state index contributed by atoms with van der Waals surface area (Å²) in [5.41, 5.74) is 2.40. The zero-order valence-electron chi connectivity index (χ0n) is 16.6. The number of rotatable bonds is 8. The number of guanidine groups is 1. The highest BCUT2D eigenvalue weighted by Gasteiger charge is 2.05. The minimum Gasteiger partial charge on any atom is -0.356 e. The normalized spacial score (nSPS) is 10.8. The molecular weight excluding hydrogens is 550 g/mol. The second-order valence-corrected chi connectivity index (χ2v) is 7.16. The molecule has 0 saturated carbocycles. The van der Waals surface area contributed by atoms with Crippen molar-refractivity contribution in [3.05, 3.63) is 69.4 Å². The molecule has 2 rings (SSSR count). The molecule has 0 aromatic heterocycles. The van der Waals surface area contributed by atoms with Gasteiger partial charge in [0.1, 0.15) is 5.82 Å². The van der Waals surface area contributed by atoms with Crippen LogP contribution in [0, 0.1) is 5.82 Å². The first-order valence-electron chi connectivity index (χ1n) is 9.29. The molecule has 0 aliphatic carbocycles. The van der Waals surface area contributed by atoms with Gasteiger partial charge in [-0.3, -0.25) is 9.79 Å². The molecule has 0 heterocycles. The smallest absolute Gasteiger partial charge is 0.251 e. The quantitative estimate of drug-likeness (QED) is 0.190. The molecule has 0 aliphatic rings. The number of hydrogen-bond acceptors (Lipinski definition) is 2. The van der Waals surface area contributed by atoms with Gasteiger partial charge in [0, 0.05) is 36.7 Å². The second-order valence-electron chi connectivity index (χ2n) is 6.25. The Labute approximate surface area is 197 Å². The highest BCUT2D eigenvalue weighted by molar-refractivity contribution is 14.0. The molecule has 0 fully saturated rings. The lowest BCUT2D eigenvalue weighted by Gasteiger charge is -2.12. The van der Waals surface area contributed by atoms with E-state index in [1.807, 2.05) is 37.3 Å². The third-order valence-corrected chi connectivity index (χ3v) is 4.66. The van der Waals surface area contributed by atoms with Gasteiger partial charge in [0.25, 0.3) is 5.91 Å². The molecule has 2 aromatic rings. The Bertz CT molecular complexity index is 815. The van der Waals surface area contributed by atoms with Gasteiger partial charge in [-0.2, -0.15) is 0 Å². The van der Waals surface area contributed by atoms with Crippen molar-refractivity contribution in [2.45, 2.75) is 26.3 Å². The van der Waals surface area contributed by atoms with Gasteiger partial charge >= 0.3 is 0 Å². The Morgan fingerprint density at radius 1 is 1.10 bits per heavy atom. The van der Waals surface area contributed by atoms with Crippen LogP contribution in [0.5, 0.6) is 0 Å². The van der Waals surface area contributed by atoms with E-state index in [9.17, 15) is 9.18 Å². The van der Waals surface area contributed by atoms with E-state index in [0.717, 1.165) is 16.5 Å². The van der Waals surface area contributed by atoms with E-state index in [1.54, 1.807) is 13.1 Å². The number of carbonyl (C=O) groups excluding carboxylic acids is 1. The maximum atomic E-state index is 13.8. The second kappa shape index (κ2) is 13.5. The van der Waals surface area contributed by atoms with Crippen LogP contribution < -0.4 is 16.0 Å². The average molecular weight is 577 g/mol. The fourth-order valence-corrected chi connectivity index (χ4v) is 2.99. The van der Waals surface area contributed by atoms with Crippen LogP contribution in [0.2, 0.25) is 0 Å². The molecule has 0 aliphatic heterocycles. The van der Waals surface area contributed by atoms with Crippen molar-refractivity contribution in [2.24, 2.45) is 4.99 Å². The molecule has 0 atom stereocenters. The monoisotopic (exact) mass is 576 g/mol. The van der Waals surface area contributed by atoms with E-state index >= 15 is 0 Å². The van der Waals surface area contributed by atoms with E-state index < -0.39 is 0 Å². The highest BCUT2D eigenvalue weighted by atomic mass is 127. The van der Waals surface area contributed by atoms with Crippen LogP contribution in [0.15, 0.2) is 51.9 Å². The zero-order chi connectivity index (χ0) is 20.4. The lowest BCUT2D eigenvalue weighted by atomic mass is 10.1. The molecule has 0 bridgehead atoms. The molecule has 0 unspecified atom stereocenters. The Morgan fingerprint density at radius 3 is 2.45 bits per heavy atom. The standard InChI is InChI=1S/C21H26BrFN4O.HI/c1-3-25-20(28)17-8-6-15(7-9-17)14-27-21(24-2)26-12-4-5-16-10-11-18(22)13-19(16)23;/h6-11,13H,3-5,12,14H2,1-2H3,(H,25,28)(H2,24,26,27);1H. The van der Waals surface area contributed by atoms with Crippen molar-refractivity contribution >= 4 is 51.8 Å². The zero-order valence-corrected chi connectivity index (χ0v) is 20.5. The van der Waals surface area contributed by atoms with Crippen LogP contribution in [0.4, 0.5) is 4.39 Å². The third-order valence-electron chi connectivity index (χ3n) is 4.17. The first kappa shape index (κ1) is 25.4. The summed E-state index contributed by atoms with van der Waals surface area (Å²) in [4.78, 5) is 16.0. The molecule has 0 saturated heterocycles. The number of nitrogens with zero attached hydrogens (tertiary/aromatic N) is 1. The van der Waals surface area contributed by atoms with E-state index in [4.69, 9.17) is 0 Å². The Hall–Kier alpha value is -1.68. The fourth-order valence-electron chi connectivity index (χ4n) is 2.65. The summed E-state index contributed by atoms with van der Waals surface area (Å²) in [5.74, 6) is 0.429. The van der Waals surface area contributed by atoms with Gasteiger partial charge in [0.15, 0.2) is 5.96 Å². The van der Waals surface area contributed by atoms with Crippen molar-refractivity contribution in [1.29, 1.82) is 0 Å². The van der Waals surface area contributed by atoms with Crippen LogP contribution in [-0.4, -0.2) is 32.0 Å². The molecule has 1 amide bonds. The average Bonchev–Trinajstić information content (AvgIpc) is 2.69. The first-order chi connectivity index (χ1) is 13.5. The van der Waals surface area contributed by atoms with Crippen LogP contribution in [0.3, 0.4) is 0 Å². The topological polar surface area (TPSA) is 65.5 Å². The highest BCUT2D eigenvalue weighted by Crippen LogP contribution is 2.16. The van der Waals surface area contributed by atoms with Crippen molar-refractivity contribution in [2.75, 3.05) is 20.1 Å². The van der Waals surface area contributed by atoms with Crippen LogP contribution >= 0.6 is 39.9 Å². The summed E-state index contributed by atoms with van der Waals surface area (Å²) in [7, 11) is 1.71. The van der Waals surface area contributed by atoms with Gasteiger partial charge < -0.3 is 16.0 Å². The molecule has 2 aromatic carbocycles. The predicted octanol–water partition coefficient (Wildman–Crippen LogP) is 4.25. The number of benzene rings is 2. The van der Waals surface area contributed by atoms with Gasteiger partial charge in [0.05, 0.1) is 0 Å². The SMILES string of the molecule is CCNC(=O)c1ccc(CNC(=NC)NCCCc2ccc(Br)cc2F)cc1.I. The van der Waals surface area contributed by atoms with E-state index in [2.05, 4.69) is 36.9 Å². The molecule has 0 radical (unpaired) electrons. The van der Waals surface area contributed by atoms with E-state index in [1.165, 1.54) is 6.07 Å². The molecule has 5 nitrogen and oxygen atoms in total. The van der Waals surface area contributed by atoms with Crippen LogP contribution in [0.1, 0.15) is 34.8 Å². The molecule has 0 spiro atoms. The Balaban J connectivity index is 0.00000420. The van der Waals surface area contributed by atoms with Gasteiger partial charge in [-0.15, -0.1) is 24.0 Å². The molecule has 158 valence electrons. The summed E-state index contributed by atoms with van der Waals surface area (Å²) < 4.78 is 14.6. The van der Waals surface area contributed by atoms with Crippen LogP contribution in [0.25, 0.3) is 0 Å².